The van der Waals surface area contributed by atoms with Gasteiger partial charge in [0.15, 0.2) is 0 Å². The molecule has 0 fully saturated rings. The lowest BCUT2D eigenvalue weighted by Gasteiger charge is -2.16. The van der Waals surface area contributed by atoms with E-state index in [4.69, 9.17) is 5.11 Å². The van der Waals surface area contributed by atoms with Gasteiger partial charge in [-0.2, -0.15) is 0 Å². The van der Waals surface area contributed by atoms with E-state index in [2.05, 4.69) is 13.8 Å². The Bertz CT molecular complexity index is 392. The van der Waals surface area contributed by atoms with Crippen LogP contribution >= 0.6 is 0 Å². The Morgan fingerprint density at radius 2 is 0.706 bits per heavy atom. The Hall–Kier alpha value is -0.530. The molecule has 1 unspecified atom stereocenters. The molecule has 0 saturated heterocycles. The van der Waals surface area contributed by atoms with Crippen molar-refractivity contribution in [3.05, 3.63) is 0 Å². The van der Waals surface area contributed by atoms with Gasteiger partial charge in [-0.15, -0.1) is 0 Å². The van der Waals surface area contributed by atoms with Crippen LogP contribution in [0.3, 0.4) is 0 Å². The van der Waals surface area contributed by atoms with Crippen molar-refractivity contribution in [2.75, 3.05) is 0 Å². The quantitative estimate of drug-likeness (QED) is 0.108. The highest BCUT2D eigenvalue weighted by atomic mass is 16.4. The zero-order valence-corrected chi connectivity index (χ0v) is 23.7. The van der Waals surface area contributed by atoms with Gasteiger partial charge >= 0.3 is 5.97 Å². The minimum Gasteiger partial charge on any atom is -0.481 e. The lowest BCUT2D eigenvalue weighted by atomic mass is 9.90. The predicted molar refractivity (Wildman–Crippen MR) is 152 cm³/mol. The third-order valence-electron chi connectivity index (χ3n) is 7.68. The molecule has 0 spiro atoms. The van der Waals surface area contributed by atoms with Crippen molar-refractivity contribution in [1.82, 2.24) is 0 Å². The fraction of sp³-hybridized carbons (Fsp3) is 0.969. The van der Waals surface area contributed by atoms with Gasteiger partial charge in [0.05, 0.1) is 0 Å². The van der Waals surface area contributed by atoms with Crippen LogP contribution in [0.5, 0.6) is 0 Å². The Labute approximate surface area is 215 Å². The van der Waals surface area contributed by atoms with Crippen LogP contribution in [0.15, 0.2) is 0 Å². The fourth-order valence-electron chi connectivity index (χ4n) is 5.35. The minimum atomic E-state index is -0.627. The molecule has 34 heavy (non-hydrogen) atoms. The molecule has 0 aromatic heterocycles. The van der Waals surface area contributed by atoms with Crippen molar-refractivity contribution in [2.24, 2.45) is 5.92 Å². The van der Waals surface area contributed by atoms with Gasteiger partial charge in [-0.1, -0.05) is 174 Å². The first kappa shape index (κ1) is 33.5. The summed E-state index contributed by atoms with van der Waals surface area (Å²) in [5.41, 5.74) is 0. The van der Waals surface area contributed by atoms with Crippen molar-refractivity contribution < 1.29 is 9.90 Å². The van der Waals surface area contributed by atoms with Gasteiger partial charge in [0.25, 0.3) is 0 Å². The van der Waals surface area contributed by atoms with E-state index in [-0.39, 0.29) is 0 Å². The summed E-state index contributed by atoms with van der Waals surface area (Å²) in [6.45, 7) is 4.57. The van der Waals surface area contributed by atoms with E-state index in [0.29, 0.717) is 6.42 Å². The minimum absolute atomic E-state index is 0.354. The van der Waals surface area contributed by atoms with Crippen molar-refractivity contribution >= 4 is 5.97 Å². The van der Waals surface area contributed by atoms with Crippen molar-refractivity contribution in [3.63, 3.8) is 0 Å². The monoisotopic (exact) mass is 480 g/mol. The van der Waals surface area contributed by atoms with Crippen molar-refractivity contribution in [2.45, 2.75) is 194 Å². The lowest BCUT2D eigenvalue weighted by Crippen LogP contribution is -2.03. The molecule has 204 valence electrons. The van der Waals surface area contributed by atoms with E-state index in [1.54, 1.807) is 0 Å². The van der Waals surface area contributed by atoms with Crippen LogP contribution in [0.2, 0.25) is 0 Å². The summed E-state index contributed by atoms with van der Waals surface area (Å²) in [7, 11) is 0. The second-order valence-corrected chi connectivity index (χ2v) is 11.2. The van der Waals surface area contributed by atoms with Gasteiger partial charge in [0.2, 0.25) is 0 Å². The highest BCUT2D eigenvalue weighted by Crippen LogP contribution is 2.24. The molecule has 0 rings (SSSR count). The van der Waals surface area contributed by atoms with Gasteiger partial charge in [-0.05, 0) is 18.8 Å². The average molecular weight is 481 g/mol. The second kappa shape index (κ2) is 28.7. The first-order valence-corrected chi connectivity index (χ1v) is 15.9. The van der Waals surface area contributed by atoms with Crippen LogP contribution in [0.4, 0.5) is 0 Å². The van der Waals surface area contributed by atoms with Crippen LogP contribution in [0, 0.1) is 5.92 Å². The Morgan fingerprint density at radius 3 is 1.00 bits per heavy atom. The number of hydrogen-bond acceptors (Lipinski definition) is 1. The highest BCUT2D eigenvalue weighted by molar-refractivity contribution is 5.66. The largest absolute Gasteiger partial charge is 0.481 e. The molecular weight excluding hydrogens is 416 g/mol. The third-order valence-corrected chi connectivity index (χ3v) is 7.68. The van der Waals surface area contributed by atoms with Crippen LogP contribution in [0.1, 0.15) is 194 Å². The summed E-state index contributed by atoms with van der Waals surface area (Å²) >= 11 is 0. The molecule has 2 heteroatoms. The first-order valence-electron chi connectivity index (χ1n) is 15.9. The van der Waals surface area contributed by atoms with Crippen LogP contribution in [-0.2, 0) is 4.79 Å². The standard InChI is InChI=1S/C32H64O2/c1-3-5-7-9-11-13-14-15-16-17-19-21-23-25-28-31(29-26-30-32(33)34)27-24-22-20-18-12-10-8-6-4-2/h31H,3-30H2,1-2H3,(H,33,34). The Balaban J connectivity index is 3.66. The number of carbonyl (C=O) groups is 1. The number of carboxylic acids is 1. The van der Waals surface area contributed by atoms with Crippen LogP contribution < -0.4 is 0 Å². The Kier molecular flexibility index (Phi) is 28.3. The third kappa shape index (κ3) is 27.7. The maximum atomic E-state index is 10.9. The van der Waals surface area contributed by atoms with Crippen molar-refractivity contribution in [1.29, 1.82) is 0 Å². The maximum absolute atomic E-state index is 10.9. The van der Waals surface area contributed by atoms with E-state index in [1.807, 2.05) is 0 Å². The van der Waals surface area contributed by atoms with Crippen LogP contribution in [-0.4, -0.2) is 11.1 Å². The molecule has 1 N–H and O–H groups in total. The number of carboxylic acid groups (broad SMARTS) is 1. The average Bonchev–Trinajstić information content (AvgIpc) is 2.82. The molecule has 0 amide bonds. The summed E-state index contributed by atoms with van der Waals surface area (Å²) in [5, 5.41) is 8.99. The van der Waals surface area contributed by atoms with E-state index in [9.17, 15) is 4.79 Å². The van der Waals surface area contributed by atoms with E-state index >= 15 is 0 Å². The normalized spacial score (nSPS) is 12.3. The first-order chi connectivity index (χ1) is 16.7. The van der Waals surface area contributed by atoms with E-state index in [0.717, 1.165) is 18.8 Å². The molecule has 0 saturated carbocycles. The molecule has 0 heterocycles. The summed E-state index contributed by atoms with van der Waals surface area (Å²) in [6.07, 6.45) is 37.4. The molecule has 0 bridgehead atoms. The number of hydrogen-bond donors (Lipinski definition) is 1. The highest BCUT2D eigenvalue weighted by Gasteiger charge is 2.10. The van der Waals surface area contributed by atoms with E-state index in [1.165, 1.54) is 161 Å². The van der Waals surface area contributed by atoms with Gasteiger partial charge in [-0.3, -0.25) is 4.79 Å². The smallest absolute Gasteiger partial charge is 0.303 e. The molecule has 0 aromatic carbocycles. The molecule has 0 radical (unpaired) electrons. The summed E-state index contributed by atoms with van der Waals surface area (Å²) < 4.78 is 0. The topological polar surface area (TPSA) is 37.3 Å². The number of rotatable bonds is 29. The van der Waals surface area contributed by atoms with Gasteiger partial charge in [0, 0.05) is 6.42 Å². The van der Waals surface area contributed by atoms with Gasteiger partial charge in [-0.25, -0.2) is 0 Å². The number of aliphatic carboxylic acids is 1. The predicted octanol–water partition coefficient (Wildman–Crippen LogP) is 11.6. The SMILES string of the molecule is CCCCCCCCCCCCCCCCC(CCCCCCCCCCC)CCCC(=O)O. The summed E-state index contributed by atoms with van der Waals surface area (Å²) in [5.74, 6) is 0.138. The van der Waals surface area contributed by atoms with Crippen LogP contribution in [0.25, 0.3) is 0 Å². The molecule has 0 aliphatic carbocycles. The molecule has 0 aliphatic heterocycles. The fourth-order valence-corrected chi connectivity index (χ4v) is 5.35. The van der Waals surface area contributed by atoms with Gasteiger partial charge < -0.3 is 5.11 Å². The molecular formula is C32H64O2. The molecule has 0 aliphatic rings. The molecule has 1 atom stereocenters. The molecule has 2 nitrogen and oxygen atoms in total. The Morgan fingerprint density at radius 1 is 0.441 bits per heavy atom. The summed E-state index contributed by atoms with van der Waals surface area (Å²) in [4.78, 5) is 10.9. The second-order valence-electron chi connectivity index (χ2n) is 11.2. The summed E-state index contributed by atoms with van der Waals surface area (Å²) in [6, 6.07) is 0. The molecule has 0 aromatic rings. The number of unbranched alkanes of at least 4 members (excludes halogenated alkanes) is 21. The van der Waals surface area contributed by atoms with Gasteiger partial charge in [0.1, 0.15) is 0 Å². The van der Waals surface area contributed by atoms with Crippen molar-refractivity contribution in [3.8, 4) is 0 Å². The van der Waals surface area contributed by atoms with E-state index < -0.39 is 5.97 Å². The maximum Gasteiger partial charge on any atom is 0.303 e. The lowest BCUT2D eigenvalue weighted by molar-refractivity contribution is -0.137. The zero-order chi connectivity index (χ0) is 25.0. The zero-order valence-electron chi connectivity index (χ0n) is 23.7.